The molecule has 0 aromatic carbocycles. The van der Waals surface area contributed by atoms with Gasteiger partial charge in [-0.15, -0.1) is 0 Å². The first-order chi connectivity index (χ1) is 8.18. The third-order valence-corrected chi connectivity index (χ3v) is 2.37. The van der Waals surface area contributed by atoms with Crippen LogP contribution in [0.4, 0.5) is 0 Å². The Bertz CT molecular complexity index is 344. The largest absolute Gasteiger partial charge is 0.481 e. The molecular formula is C12H20N2O4. The maximum Gasteiger partial charge on any atom is 0.303 e. The van der Waals surface area contributed by atoms with E-state index in [-0.39, 0.29) is 25.2 Å². The van der Waals surface area contributed by atoms with Gasteiger partial charge in [-0.25, -0.2) is 4.99 Å². The van der Waals surface area contributed by atoms with Crippen LogP contribution < -0.4 is 5.32 Å². The minimum atomic E-state index is -0.945. The number of hydrogen-bond acceptors (Lipinski definition) is 3. The molecule has 6 heteroatoms. The molecule has 102 valence electrons. The molecule has 0 aliphatic carbocycles. The Hall–Kier alpha value is -1.72. The van der Waals surface area contributed by atoms with Gasteiger partial charge in [0.1, 0.15) is 6.04 Å². The van der Waals surface area contributed by atoms with Gasteiger partial charge in [0.2, 0.25) is 5.91 Å². The number of carboxylic acids is 1. The van der Waals surface area contributed by atoms with Crippen molar-refractivity contribution < 1.29 is 19.5 Å². The first kappa shape index (κ1) is 16.3. The molecule has 18 heavy (non-hydrogen) atoms. The highest BCUT2D eigenvalue weighted by Crippen LogP contribution is 2.20. The SMILES string of the molecule is C=NC(=O)[C@@H](NC(=O)CCCC(=O)O)C(C)(C)C. The van der Waals surface area contributed by atoms with Crippen molar-refractivity contribution in [2.24, 2.45) is 10.4 Å². The lowest BCUT2D eigenvalue weighted by atomic mass is 9.86. The zero-order valence-corrected chi connectivity index (χ0v) is 11.0. The first-order valence-electron chi connectivity index (χ1n) is 5.70. The summed E-state index contributed by atoms with van der Waals surface area (Å²) in [6, 6.07) is -0.743. The standard InChI is InChI=1S/C12H20N2O4/c1-12(2,3)10(11(18)13-4)14-8(15)6-5-7-9(16)17/h10H,4-7H2,1-3H3,(H,14,15)(H,16,17)/t10-/m1/s1. The highest BCUT2D eigenvalue weighted by atomic mass is 16.4. The predicted molar refractivity (Wildman–Crippen MR) is 67.4 cm³/mol. The number of hydrogen-bond donors (Lipinski definition) is 2. The maximum atomic E-state index is 11.6. The summed E-state index contributed by atoms with van der Waals surface area (Å²) in [6.45, 7) is 8.57. The second kappa shape index (κ2) is 6.88. The molecule has 0 fully saturated rings. The fourth-order valence-corrected chi connectivity index (χ4v) is 1.37. The molecule has 0 aliphatic heterocycles. The quantitative estimate of drug-likeness (QED) is 0.693. The van der Waals surface area contributed by atoms with E-state index >= 15 is 0 Å². The van der Waals surface area contributed by atoms with Crippen LogP contribution in [0.1, 0.15) is 40.0 Å². The van der Waals surface area contributed by atoms with Gasteiger partial charge in [0.15, 0.2) is 0 Å². The summed E-state index contributed by atoms with van der Waals surface area (Å²) in [5, 5.41) is 11.0. The van der Waals surface area contributed by atoms with Crippen molar-refractivity contribution in [2.45, 2.75) is 46.1 Å². The molecule has 0 spiro atoms. The van der Waals surface area contributed by atoms with Gasteiger partial charge in [-0.1, -0.05) is 20.8 Å². The smallest absolute Gasteiger partial charge is 0.303 e. The monoisotopic (exact) mass is 256 g/mol. The third-order valence-electron chi connectivity index (χ3n) is 2.37. The van der Waals surface area contributed by atoms with Crippen LogP contribution in [0.25, 0.3) is 0 Å². The summed E-state index contributed by atoms with van der Waals surface area (Å²) in [5.41, 5.74) is -0.471. The van der Waals surface area contributed by atoms with E-state index in [1.165, 1.54) is 0 Å². The Morgan fingerprint density at radius 3 is 2.22 bits per heavy atom. The predicted octanol–water partition coefficient (Wildman–Crippen LogP) is 0.999. The molecule has 0 radical (unpaired) electrons. The average Bonchev–Trinajstić information content (AvgIpc) is 2.22. The number of rotatable bonds is 6. The molecular weight excluding hydrogens is 236 g/mol. The molecule has 0 aromatic heterocycles. The van der Waals surface area contributed by atoms with E-state index < -0.39 is 23.3 Å². The number of carboxylic acid groups (broad SMARTS) is 1. The minimum Gasteiger partial charge on any atom is -0.481 e. The summed E-state index contributed by atoms with van der Waals surface area (Å²) in [5.74, 6) is -1.79. The molecule has 0 saturated carbocycles. The van der Waals surface area contributed by atoms with Gasteiger partial charge in [0.05, 0.1) is 0 Å². The molecule has 0 heterocycles. The van der Waals surface area contributed by atoms with Crippen LogP contribution in [0, 0.1) is 5.41 Å². The van der Waals surface area contributed by atoms with Gasteiger partial charge >= 0.3 is 5.97 Å². The molecule has 0 aliphatic rings. The number of amides is 2. The van der Waals surface area contributed by atoms with Crippen LogP contribution in [0.15, 0.2) is 4.99 Å². The maximum absolute atomic E-state index is 11.6. The fourth-order valence-electron chi connectivity index (χ4n) is 1.37. The van der Waals surface area contributed by atoms with Crippen molar-refractivity contribution in [3.05, 3.63) is 0 Å². The van der Waals surface area contributed by atoms with Gasteiger partial charge in [-0.2, -0.15) is 0 Å². The Labute approximate surface area is 106 Å². The van der Waals surface area contributed by atoms with Crippen molar-refractivity contribution in [2.75, 3.05) is 0 Å². The molecule has 1 atom stereocenters. The normalized spacial score (nSPS) is 12.6. The lowest BCUT2D eigenvalue weighted by Crippen LogP contribution is -2.48. The average molecular weight is 256 g/mol. The van der Waals surface area contributed by atoms with Crippen LogP contribution >= 0.6 is 0 Å². The van der Waals surface area contributed by atoms with Crippen molar-refractivity contribution >= 4 is 24.5 Å². The number of aliphatic carboxylic acids is 1. The molecule has 6 nitrogen and oxygen atoms in total. The molecule has 0 unspecified atom stereocenters. The Morgan fingerprint density at radius 1 is 1.28 bits per heavy atom. The van der Waals surface area contributed by atoms with Crippen molar-refractivity contribution in [1.82, 2.24) is 5.32 Å². The zero-order valence-electron chi connectivity index (χ0n) is 11.0. The molecule has 0 bridgehead atoms. The van der Waals surface area contributed by atoms with E-state index in [0.717, 1.165) is 0 Å². The van der Waals surface area contributed by atoms with E-state index in [0.29, 0.717) is 0 Å². The first-order valence-corrected chi connectivity index (χ1v) is 5.70. The second-order valence-corrected chi connectivity index (χ2v) is 5.11. The Morgan fingerprint density at radius 2 is 1.83 bits per heavy atom. The van der Waals surface area contributed by atoms with E-state index in [1.54, 1.807) is 20.8 Å². The van der Waals surface area contributed by atoms with Crippen LogP contribution in [0.5, 0.6) is 0 Å². The number of carbonyl (C=O) groups excluding carboxylic acids is 2. The minimum absolute atomic E-state index is 0.0682. The van der Waals surface area contributed by atoms with Gasteiger partial charge in [-0.3, -0.25) is 14.4 Å². The van der Waals surface area contributed by atoms with Gasteiger partial charge in [-0.05, 0) is 18.6 Å². The number of aliphatic imine (C=N–C) groups is 1. The van der Waals surface area contributed by atoms with E-state index in [2.05, 4.69) is 17.0 Å². The molecule has 0 aromatic rings. The van der Waals surface area contributed by atoms with Gasteiger partial charge < -0.3 is 10.4 Å². The Balaban J connectivity index is 4.42. The zero-order chi connectivity index (χ0) is 14.3. The third kappa shape index (κ3) is 6.12. The number of nitrogens with one attached hydrogen (secondary N) is 1. The molecule has 0 saturated heterocycles. The fraction of sp³-hybridized carbons (Fsp3) is 0.667. The van der Waals surface area contributed by atoms with E-state index in [9.17, 15) is 14.4 Å². The molecule has 0 rings (SSSR count). The highest BCUT2D eigenvalue weighted by Gasteiger charge is 2.31. The Kier molecular flexibility index (Phi) is 6.22. The van der Waals surface area contributed by atoms with Crippen molar-refractivity contribution in [3.63, 3.8) is 0 Å². The van der Waals surface area contributed by atoms with Crippen LogP contribution in [0.2, 0.25) is 0 Å². The van der Waals surface area contributed by atoms with Crippen LogP contribution in [0.3, 0.4) is 0 Å². The topological polar surface area (TPSA) is 95.8 Å². The second-order valence-electron chi connectivity index (χ2n) is 5.11. The van der Waals surface area contributed by atoms with E-state index in [1.807, 2.05) is 0 Å². The lowest BCUT2D eigenvalue weighted by Gasteiger charge is -2.28. The summed E-state index contributed by atoms with van der Waals surface area (Å²) in [4.78, 5) is 36.7. The van der Waals surface area contributed by atoms with Crippen LogP contribution in [-0.2, 0) is 14.4 Å². The van der Waals surface area contributed by atoms with Crippen LogP contribution in [-0.4, -0.2) is 35.6 Å². The van der Waals surface area contributed by atoms with Gasteiger partial charge in [0.25, 0.3) is 5.91 Å². The summed E-state index contributed by atoms with van der Waals surface area (Å²) < 4.78 is 0. The van der Waals surface area contributed by atoms with Crippen molar-refractivity contribution in [1.29, 1.82) is 0 Å². The molecule has 2 N–H and O–H groups in total. The summed E-state index contributed by atoms with van der Waals surface area (Å²) in [7, 11) is 0. The highest BCUT2D eigenvalue weighted by molar-refractivity contribution is 5.90. The van der Waals surface area contributed by atoms with E-state index in [4.69, 9.17) is 5.11 Å². The number of nitrogens with zero attached hydrogens (tertiary/aromatic N) is 1. The summed E-state index contributed by atoms with van der Waals surface area (Å²) in [6.07, 6.45) is 0.248. The summed E-state index contributed by atoms with van der Waals surface area (Å²) >= 11 is 0. The van der Waals surface area contributed by atoms with Crippen molar-refractivity contribution in [3.8, 4) is 0 Å². The lowest BCUT2D eigenvalue weighted by molar-refractivity contribution is -0.137. The molecule has 2 amide bonds. The number of carbonyl (C=O) groups is 3. The van der Waals surface area contributed by atoms with Gasteiger partial charge in [0, 0.05) is 12.8 Å².